The van der Waals surface area contributed by atoms with E-state index in [1.807, 2.05) is 0 Å². The lowest BCUT2D eigenvalue weighted by Gasteiger charge is -2.18. The standard InChI is InChI=1S/C16H28N2O/c1-5-18(10-14-6-7-14)11-16-8-15(13(4)19-16)9-17-12(2)3/h8,12,14,17H,5-7,9-11H2,1-4H3. The summed E-state index contributed by atoms with van der Waals surface area (Å²) in [5.74, 6) is 3.12. The Hall–Kier alpha value is -0.800. The van der Waals surface area contributed by atoms with Gasteiger partial charge >= 0.3 is 0 Å². The summed E-state index contributed by atoms with van der Waals surface area (Å²) in [7, 11) is 0. The molecule has 3 heteroatoms. The average Bonchev–Trinajstić information content (AvgIpc) is 3.10. The largest absolute Gasteiger partial charge is 0.465 e. The SMILES string of the molecule is CCN(Cc1cc(CNC(C)C)c(C)o1)CC1CC1. The Morgan fingerprint density at radius 2 is 2.16 bits per heavy atom. The van der Waals surface area contributed by atoms with E-state index < -0.39 is 0 Å². The van der Waals surface area contributed by atoms with Crippen molar-refractivity contribution in [3.8, 4) is 0 Å². The van der Waals surface area contributed by atoms with Crippen LogP contribution in [0.1, 0.15) is 50.7 Å². The van der Waals surface area contributed by atoms with E-state index in [9.17, 15) is 0 Å². The van der Waals surface area contributed by atoms with Crippen LogP contribution in [0.15, 0.2) is 10.5 Å². The van der Waals surface area contributed by atoms with Crippen LogP contribution in [0.3, 0.4) is 0 Å². The minimum absolute atomic E-state index is 0.514. The van der Waals surface area contributed by atoms with E-state index in [0.29, 0.717) is 6.04 Å². The average molecular weight is 264 g/mol. The van der Waals surface area contributed by atoms with E-state index in [0.717, 1.165) is 37.1 Å². The molecule has 0 radical (unpaired) electrons. The number of rotatable bonds is 8. The molecule has 3 nitrogen and oxygen atoms in total. The predicted molar refractivity (Wildman–Crippen MR) is 79.1 cm³/mol. The van der Waals surface area contributed by atoms with Crippen molar-refractivity contribution in [2.45, 2.75) is 59.7 Å². The molecule has 1 aliphatic rings. The van der Waals surface area contributed by atoms with Crippen LogP contribution in [0.2, 0.25) is 0 Å². The number of furan rings is 1. The second-order valence-electron chi connectivity index (χ2n) is 6.10. The normalized spacial score (nSPS) is 15.7. The zero-order valence-electron chi connectivity index (χ0n) is 12.8. The van der Waals surface area contributed by atoms with Crippen LogP contribution in [0.4, 0.5) is 0 Å². The van der Waals surface area contributed by atoms with Crippen LogP contribution < -0.4 is 5.32 Å². The van der Waals surface area contributed by atoms with E-state index in [1.165, 1.54) is 24.9 Å². The van der Waals surface area contributed by atoms with Gasteiger partial charge in [0.15, 0.2) is 0 Å². The molecule has 1 fully saturated rings. The molecule has 1 aromatic heterocycles. The molecule has 0 spiro atoms. The van der Waals surface area contributed by atoms with Crippen LogP contribution in [-0.2, 0) is 13.1 Å². The number of hydrogen-bond donors (Lipinski definition) is 1. The molecular weight excluding hydrogens is 236 g/mol. The summed E-state index contributed by atoms with van der Waals surface area (Å²) in [5.41, 5.74) is 1.30. The molecule has 0 bridgehead atoms. The lowest BCUT2D eigenvalue weighted by atomic mass is 10.2. The summed E-state index contributed by atoms with van der Waals surface area (Å²) >= 11 is 0. The summed E-state index contributed by atoms with van der Waals surface area (Å²) in [5, 5.41) is 3.45. The summed E-state index contributed by atoms with van der Waals surface area (Å²) in [6, 6.07) is 2.74. The quantitative estimate of drug-likeness (QED) is 0.781. The van der Waals surface area contributed by atoms with Crippen LogP contribution in [0, 0.1) is 12.8 Å². The summed E-state index contributed by atoms with van der Waals surface area (Å²) in [6.45, 7) is 12.8. The van der Waals surface area contributed by atoms with Gasteiger partial charge in [-0.3, -0.25) is 4.90 Å². The lowest BCUT2D eigenvalue weighted by Crippen LogP contribution is -2.25. The molecule has 2 rings (SSSR count). The van der Waals surface area contributed by atoms with Crippen LogP contribution >= 0.6 is 0 Å². The highest BCUT2D eigenvalue weighted by Crippen LogP contribution is 2.30. The third kappa shape index (κ3) is 4.66. The minimum atomic E-state index is 0.514. The maximum absolute atomic E-state index is 5.90. The smallest absolute Gasteiger partial charge is 0.118 e. The maximum Gasteiger partial charge on any atom is 0.118 e. The number of nitrogens with zero attached hydrogens (tertiary/aromatic N) is 1. The summed E-state index contributed by atoms with van der Waals surface area (Å²) < 4.78 is 5.90. The molecule has 0 aliphatic heterocycles. The highest BCUT2D eigenvalue weighted by molar-refractivity contribution is 5.20. The first-order chi connectivity index (χ1) is 9.08. The van der Waals surface area contributed by atoms with Gasteiger partial charge < -0.3 is 9.73 Å². The second-order valence-corrected chi connectivity index (χ2v) is 6.10. The molecule has 19 heavy (non-hydrogen) atoms. The van der Waals surface area contributed by atoms with Gasteiger partial charge in [0.2, 0.25) is 0 Å². The monoisotopic (exact) mass is 264 g/mol. The second kappa shape index (κ2) is 6.58. The van der Waals surface area contributed by atoms with Crippen molar-refractivity contribution in [2.24, 2.45) is 5.92 Å². The first-order valence-electron chi connectivity index (χ1n) is 7.62. The fourth-order valence-electron chi connectivity index (χ4n) is 2.35. The van der Waals surface area contributed by atoms with E-state index in [-0.39, 0.29) is 0 Å². The fourth-order valence-corrected chi connectivity index (χ4v) is 2.35. The topological polar surface area (TPSA) is 28.4 Å². The van der Waals surface area contributed by atoms with Crippen LogP contribution in [-0.4, -0.2) is 24.0 Å². The zero-order chi connectivity index (χ0) is 13.8. The van der Waals surface area contributed by atoms with Gasteiger partial charge in [0.1, 0.15) is 11.5 Å². The first kappa shape index (κ1) is 14.6. The third-order valence-corrected chi connectivity index (χ3v) is 3.81. The Morgan fingerprint density at radius 3 is 2.74 bits per heavy atom. The van der Waals surface area contributed by atoms with Crippen molar-refractivity contribution >= 4 is 0 Å². The Kier molecular flexibility index (Phi) is 5.06. The molecule has 1 aromatic rings. The van der Waals surface area contributed by atoms with Gasteiger partial charge in [-0.1, -0.05) is 20.8 Å². The van der Waals surface area contributed by atoms with Crippen LogP contribution in [0.5, 0.6) is 0 Å². The summed E-state index contributed by atoms with van der Waals surface area (Å²) in [4.78, 5) is 2.50. The fraction of sp³-hybridized carbons (Fsp3) is 0.750. The van der Waals surface area contributed by atoms with Gasteiger partial charge in [0.25, 0.3) is 0 Å². The van der Waals surface area contributed by atoms with E-state index in [1.54, 1.807) is 0 Å². The van der Waals surface area contributed by atoms with Crippen molar-refractivity contribution in [3.63, 3.8) is 0 Å². The van der Waals surface area contributed by atoms with Crippen molar-refractivity contribution < 1.29 is 4.42 Å². The molecule has 1 N–H and O–H groups in total. The highest BCUT2D eigenvalue weighted by Gasteiger charge is 2.24. The van der Waals surface area contributed by atoms with Gasteiger partial charge in [0, 0.05) is 24.7 Å². The van der Waals surface area contributed by atoms with Crippen LogP contribution in [0.25, 0.3) is 0 Å². The van der Waals surface area contributed by atoms with Gasteiger partial charge in [-0.05, 0) is 38.3 Å². The molecule has 1 saturated carbocycles. The molecule has 0 amide bonds. The minimum Gasteiger partial charge on any atom is -0.465 e. The van der Waals surface area contributed by atoms with Crippen molar-refractivity contribution in [1.29, 1.82) is 0 Å². The molecular formula is C16H28N2O. The predicted octanol–water partition coefficient (Wildman–Crippen LogP) is 3.32. The van der Waals surface area contributed by atoms with Gasteiger partial charge in [-0.2, -0.15) is 0 Å². The lowest BCUT2D eigenvalue weighted by molar-refractivity contribution is 0.244. The van der Waals surface area contributed by atoms with Crippen molar-refractivity contribution in [1.82, 2.24) is 10.2 Å². The Morgan fingerprint density at radius 1 is 1.42 bits per heavy atom. The summed E-state index contributed by atoms with van der Waals surface area (Å²) in [6.07, 6.45) is 2.83. The van der Waals surface area contributed by atoms with Gasteiger partial charge in [-0.25, -0.2) is 0 Å². The molecule has 0 atom stereocenters. The van der Waals surface area contributed by atoms with E-state index in [2.05, 4.69) is 44.0 Å². The Labute approximate surface area is 117 Å². The molecule has 0 aromatic carbocycles. The number of hydrogen-bond acceptors (Lipinski definition) is 3. The maximum atomic E-state index is 5.90. The Balaban J connectivity index is 1.90. The Bertz CT molecular complexity index is 393. The first-order valence-corrected chi connectivity index (χ1v) is 7.62. The highest BCUT2D eigenvalue weighted by atomic mass is 16.3. The number of aryl methyl sites for hydroxylation is 1. The van der Waals surface area contributed by atoms with E-state index >= 15 is 0 Å². The number of nitrogens with one attached hydrogen (secondary N) is 1. The van der Waals surface area contributed by atoms with E-state index in [4.69, 9.17) is 4.42 Å². The van der Waals surface area contributed by atoms with Crippen molar-refractivity contribution in [2.75, 3.05) is 13.1 Å². The van der Waals surface area contributed by atoms with Gasteiger partial charge in [-0.15, -0.1) is 0 Å². The van der Waals surface area contributed by atoms with Gasteiger partial charge in [0.05, 0.1) is 6.54 Å². The molecule has 108 valence electrons. The molecule has 1 heterocycles. The third-order valence-electron chi connectivity index (χ3n) is 3.81. The van der Waals surface area contributed by atoms with Crippen molar-refractivity contribution in [3.05, 3.63) is 23.2 Å². The molecule has 1 aliphatic carbocycles. The molecule has 0 unspecified atom stereocenters. The zero-order valence-corrected chi connectivity index (χ0v) is 12.8. The molecule has 0 saturated heterocycles.